The SMILES string of the molecule is COCC(C)Nc1ccnc2ccc(-c3cnc(Cl)c(NS(=O)(=O)c4ccc(F)cc4)c3)cc12. The van der Waals surface area contributed by atoms with Crippen molar-refractivity contribution in [1.82, 2.24) is 9.97 Å². The van der Waals surface area contributed by atoms with E-state index in [1.165, 1.54) is 12.1 Å². The molecular weight excluding hydrogens is 479 g/mol. The summed E-state index contributed by atoms with van der Waals surface area (Å²) in [6, 6.07) is 13.8. The van der Waals surface area contributed by atoms with Crippen LogP contribution in [0.1, 0.15) is 6.92 Å². The number of rotatable bonds is 8. The maximum absolute atomic E-state index is 13.2. The highest BCUT2D eigenvalue weighted by atomic mass is 35.5. The second-order valence-corrected chi connectivity index (χ2v) is 9.75. The topological polar surface area (TPSA) is 93.2 Å². The molecule has 0 fully saturated rings. The summed E-state index contributed by atoms with van der Waals surface area (Å²) >= 11 is 6.18. The van der Waals surface area contributed by atoms with Crippen LogP contribution in [0.2, 0.25) is 5.15 Å². The van der Waals surface area contributed by atoms with E-state index >= 15 is 0 Å². The summed E-state index contributed by atoms with van der Waals surface area (Å²) in [4.78, 5) is 8.49. The van der Waals surface area contributed by atoms with Gasteiger partial charge in [-0.1, -0.05) is 17.7 Å². The molecule has 4 rings (SSSR count). The van der Waals surface area contributed by atoms with Gasteiger partial charge >= 0.3 is 0 Å². The molecule has 1 unspecified atom stereocenters. The van der Waals surface area contributed by atoms with Crippen molar-refractivity contribution < 1.29 is 17.5 Å². The standard InChI is InChI=1S/C24H22ClFN4O3S/c1-15(14-33-2)29-22-9-10-27-21-8-3-16(11-20(21)22)17-12-23(24(25)28-13-17)30-34(31,32)19-6-4-18(26)5-7-19/h3-13,15,30H,14H2,1-2H3,(H,27,29). The van der Waals surface area contributed by atoms with E-state index in [2.05, 4.69) is 20.0 Å². The second-order valence-electron chi connectivity index (χ2n) is 7.71. The number of hydrogen-bond donors (Lipinski definition) is 2. The van der Waals surface area contributed by atoms with Crippen LogP contribution in [0.3, 0.4) is 0 Å². The first-order valence-corrected chi connectivity index (χ1v) is 12.2. The zero-order chi connectivity index (χ0) is 24.3. The zero-order valence-corrected chi connectivity index (χ0v) is 20.0. The van der Waals surface area contributed by atoms with Crippen LogP contribution in [-0.2, 0) is 14.8 Å². The average molecular weight is 501 g/mol. The third-order valence-electron chi connectivity index (χ3n) is 5.10. The van der Waals surface area contributed by atoms with E-state index < -0.39 is 15.8 Å². The van der Waals surface area contributed by atoms with Crippen LogP contribution in [-0.4, -0.2) is 38.1 Å². The fourth-order valence-electron chi connectivity index (χ4n) is 3.50. The molecule has 0 amide bonds. The summed E-state index contributed by atoms with van der Waals surface area (Å²) in [6.45, 7) is 2.56. The van der Waals surface area contributed by atoms with Crippen LogP contribution in [0.4, 0.5) is 15.8 Å². The van der Waals surface area contributed by atoms with Gasteiger partial charge in [-0.05, 0) is 61.0 Å². The second kappa shape index (κ2) is 9.92. The molecule has 2 heterocycles. The Labute approximate surface area is 202 Å². The van der Waals surface area contributed by atoms with Crippen molar-refractivity contribution in [3.8, 4) is 11.1 Å². The smallest absolute Gasteiger partial charge is 0.261 e. The Morgan fingerprint density at radius 3 is 2.53 bits per heavy atom. The van der Waals surface area contributed by atoms with Crippen LogP contribution < -0.4 is 10.0 Å². The first-order chi connectivity index (χ1) is 16.3. The highest BCUT2D eigenvalue weighted by Gasteiger charge is 2.17. The lowest BCUT2D eigenvalue weighted by molar-refractivity contribution is 0.190. The van der Waals surface area contributed by atoms with Gasteiger partial charge in [-0.25, -0.2) is 17.8 Å². The van der Waals surface area contributed by atoms with E-state index in [9.17, 15) is 12.8 Å². The average Bonchev–Trinajstić information content (AvgIpc) is 2.81. The number of aromatic nitrogens is 2. The van der Waals surface area contributed by atoms with Crippen LogP contribution in [0, 0.1) is 5.82 Å². The van der Waals surface area contributed by atoms with E-state index in [0.717, 1.165) is 34.3 Å². The largest absolute Gasteiger partial charge is 0.383 e. The van der Waals surface area contributed by atoms with E-state index in [1.54, 1.807) is 25.6 Å². The number of nitrogens with one attached hydrogen (secondary N) is 2. The van der Waals surface area contributed by atoms with Gasteiger partial charge in [0.1, 0.15) is 5.82 Å². The number of ether oxygens (including phenoxy) is 1. The van der Waals surface area contributed by atoms with Crippen LogP contribution in [0.15, 0.2) is 71.9 Å². The molecule has 176 valence electrons. The monoisotopic (exact) mass is 500 g/mol. The third kappa shape index (κ3) is 5.27. The number of sulfonamides is 1. The Hall–Kier alpha value is -3.27. The fraction of sp³-hybridized carbons (Fsp3) is 0.167. The van der Waals surface area contributed by atoms with Crippen molar-refractivity contribution in [2.24, 2.45) is 0 Å². The van der Waals surface area contributed by atoms with Gasteiger partial charge in [-0.15, -0.1) is 0 Å². The van der Waals surface area contributed by atoms with Crippen molar-refractivity contribution in [2.75, 3.05) is 23.8 Å². The van der Waals surface area contributed by atoms with E-state index in [-0.39, 0.29) is 21.8 Å². The van der Waals surface area contributed by atoms with E-state index in [0.29, 0.717) is 12.2 Å². The highest BCUT2D eigenvalue weighted by Crippen LogP contribution is 2.32. The molecule has 4 aromatic rings. The number of hydrogen-bond acceptors (Lipinski definition) is 6. The van der Waals surface area contributed by atoms with Gasteiger partial charge < -0.3 is 10.1 Å². The van der Waals surface area contributed by atoms with Gasteiger partial charge in [-0.3, -0.25) is 9.71 Å². The Bertz CT molecular complexity index is 1430. The summed E-state index contributed by atoms with van der Waals surface area (Å²) in [7, 11) is -2.34. The summed E-state index contributed by atoms with van der Waals surface area (Å²) in [6.07, 6.45) is 3.30. The maximum Gasteiger partial charge on any atom is 0.261 e. The van der Waals surface area contributed by atoms with E-state index in [4.69, 9.17) is 16.3 Å². The van der Waals surface area contributed by atoms with Gasteiger partial charge in [-0.2, -0.15) is 0 Å². The number of halogens is 2. The minimum absolute atomic E-state index is 0.00682. The van der Waals surface area contributed by atoms with Gasteiger partial charge in [0.25, 0.3) is 10.0 Å². The summed E-state index contributed by atoms with van der Waals surface area (Å²) in [5.74, 6) is -0.531. The molecule has 2 aromatic heterocycles. The number of fused-ring (bicyclic) bond motifs is 1. The fourth-order valence-corrected chi connectivity index (χ4v) is 4.77. The predicted molar refractivity (Wildman–Crippen MR) is 132 cm³/mol. The predicted octanol–water partition coefficient (Wildman–Crippen LogP) is 5.34. The van der Waals surface area contributed by atoms with Crippen LogP contribution in [0.25, 0.3) is 22.0 Å². The molecular formula is C24H22ClFN4O3S. The molecule has 0 aliphatic carbocycles. The number of nitrogens with zero attached hydrogens (tertiary/aromatic N) is 2. The van der Waals surface area contributed by atoms with E-state index in [1.807, 2.05) is 31.2 Å². The summed E-state index contributed by atoms with van der Waals surface area (Å²) in [5, 5.41) is 4.31. The molecule has 0 saturated carbocycles. The summed E-state index contributed by atoms with van der Waals surface area (Å²) < 4.78 is 46.3. The lowest BCUT2D eigenvalue weighted by atomic mass is 10.0. The Morgan fingerprint density at radius 1 is 1.03 bits per heavy atom. The Morgan fingerprint density at radius 2 is 1.79 bits per heavy atom. The van der Waals surface area contributed by atoms with Gasteiger partial charge in [0.05, 0.1) is 22.7 Å². The van der Waals surface area contributed by atoms with Crippen molar-refractivity contribution in [3.05, 3.63) is 78.0 Å². The van der Waals surface area contributed by atoms with Gasteiger partial charge in [0.2, 0.25) is 0 Å². The quantitative estimate of drug-likeness (QED) is 0.317. The molecule has 0 bridgehead atoms. The Balaban J connectivity index is 1.69. The normalized spacial score (nSPS) is 12.5. The van der Waals surface area contributed by atoms with Crippen LogP contribution >= 0.6 is 11.6 Å². The van der Waals surface area contributed by atoms with Crippen molar-refractivity contribution in [1.29, 1.82) is 0 Å². The molecule has 7 nitrogen and oxygen atoms in total. The molecule has 0 radical (unpaired) electrons. The minimum atomic E-state index is -3.98. The number of methoxy groups -OCH3 is 1. The first-order valence-electron chi connectivity index (χ1n) is 10.4. The lowest BCUT2D eigenvalue weighted by Crippen LogP contribution is -2.20. The molecule has 0 spiro atoms. The highest BCUT2D eigenvalue weighted by molar-refractivity contribution is 7.92. The first kappa shape index (κ1) is 23.9. The molecule has 34 heavy (non-hydrogen) atoms. The molecule has 0 aliphatic heterocycles. The molecule has 2 N–H and O–H groups in total. The van der Waals surface area contributed by atoms with Gasteiger partial charge in [0.15, 0.2) is 5.15 Å². The number of benzene rings is 2. The van der Waals surface area contributed by atoms with Crippen molar-refractivity contribution in [3.63, 3.8) is 0 Å². The molecule has 10 heteroatoms. The molecule has 0 saturated heterocycles. The summed E-state index contributed by atoms with van der Waals surface area (Å²) in [5.41, 5.74) is 3.27. The minimum Gasteiger partial charge on any atom is -0.383 e. The van der Waals surface area contributed by atoms with Gasteiger partial charge in [0, 0.05) is 42.2 Å². The Kier molecular flexibility index (Phi) is 6.97. The zero-order valence-electron chi connectivity index (χ0n) is 18.4. The number of anilines is 2. The molecule has 0 aliphatic rings. The van der Waals surface area contributed by atoms with Crippen LogP contribution in [0.5, 0.6) is 0 Å². The maximum atomic E-state index is 13.2. The lowest BCUT2D eigenvalue weighted by Gasteiger charge is -2.16. The van der Waals surface area contributed by atoms with Crippen molar-refractivity contribution in [2.45, 2.75) is 17.9 Å². The van der Waals surface area contributed by atoms with Crippen molar-refractivity contribution >= 4 is 43.9 Å². The molecule has 2 aromatic carbocycles. The molecule has 1 atom stereocenters. The number of pyridine rings is 2. The third-order valence-corrected chi connectivity index (χ3v) is 6.78.